The summed E-state index contributed by atoms with van der Waals surface area (Å²) >= 11 is 12.1. The standard InChI is InChI=1S/C30H30Cl2N4O3/c1-20(22-5-7-23(8-6-22)24-4-2-3-21(13-24)17-33)36(30(39)10-12-35-11-9-28(37)18-35)19-29(38)34-27-15-25(31)14-26(32)16-27/h2-8,13-16,20,28,37H,9-12,18-19H2,1H3,(H,34,38)/t20-,28+/m1/s1. The fourth-order valence-corrected chi connectivity index (χ4v) is 5.26. The molecule has 1 saturated heterocycles. The first-order chi connectivity index (χ1) is 18.7. The summed E-state index contributed by atoms with van der Waals surface area (Å²) in [4.78, 5) is 30.1. The summed E-state index contributed by atoms with van der Waals surface area (Å²) < 4.78 is 0. The van der Waals surface area contributed by atoms with Crippen LogP contribution in [0.25, 0.3) is 11.1 Å². The number of rotatable bonds is 9. The van der Waals surface area contributed by atoms with Crippen molar-refractivity contribution in [2.75, 3.05) is 31.5 Å². The Morgan fingerprint density at radius 1 is 1.10 bits per heavy atom. The first-order valence-electron chi connectivity index (χ1n) is 12.8. The lowest BCUT2D eigenvalue weighted by Crippen LogP contribution is -2.41. The van der Waals surface area contributed by atoms with E-state index in [1.165, 1.54) is 0 Å². The van der Waals surface area contributed by atoms with Crippen LogP contribution < -0.4 is 5.32 Å². The van der Waals surface area contributed by atoms with Gasteiger partial charge in [-0.05, 0) is 60.4 Å². The third-order valence-corrected chi connectivity index (χ3v) is 7.29. The predicted octanol–water partition coefficient (Wildman–Crippen LogP) is 5.52. The average Bonchev–Trinajstić information content (AvgIpc) is 3.34. The van der Waals surface area contributed by atoms with E-state index in [-0.39, 0.29) is 36.9 Å². The second-order valence-corrected chi connectivity index (χ2v) is 10.6. The summed E-state index contributed by atoms with van der Waals surface area (Å²) in [6.07, 6.45) is 0.562. The van der Waals surface area contributed by atoms with Gasteiger partial charge < -0.3 is 20.2 Å². The molecule has 39 heavy (non-hydrogen) atoms. The molecule has 1 aliphatic rings. The lowest BCUT2D eigenvalue weighted by molar-refractivity contribution is -0.137. The van der Waals surface area contributed by atoms with Crippen molar-refractivity contribution in [3.05, 3.63) is 87.9 Å². The maximum atomic E-state index is 13.4. The number of hydrogen-bond donors (Lipinski definition) is 2. The lowest BCUT2D eigenvalue weighted by atomic mass is 9.99. The van der Waals surface area contributed by atoms with Gasteiger partial charge in [0.25, 0.3) is 0 Å². The molecule has 2 N–H and O–H groups in total. The molecule has 9 heteroatoms. The number of nitrogens with one attached hydrogen (secondary N) is 1. The second-order valence-electron chi connectivity index (χ2n) is 9.71. The number of carbonyl (C=O) groups excluding carboxylic acids is 2. The molecule has 0 aromatic heterocycles. The van der Waals surface area contributed by atoms with E-state index in [9.17, 15) is 20.0 Å². The number of β-amino-alcohol motifs (C(OH)–C–C–N with tert-alkyl or cyclic N) is 1. The first kappa shape index (κ1) is 28.6. The number of nitrogens with zero attached hydrogens (tertiary/aromatic N) is 3. The summed E-state index contributed by atoms with van der Waals surface area (Å²) in [7, 11) is 0. The van der Waals surface area contributed by atoms with Gasteiger partial charge in [-0.1, -0.05) is 59.6 Å². The van der Waals surface area contributed by atoms with Crippen molar-refractivity contribution in [3.63, 3.8) is 0 Å². The number of aliphatic hydroxyl groups excluding tert-OH is 1. The van der Waals surface area contributed by atoms with Gasteiger partial charge in [0.15, 0.2) is 0 Å². The van der Waals surface area contributed by atoms with E-state index in [1.807, 2.05) is 49.4 Å². The monoisotopic (exact) mass is 564 g/mol. The van der Waals surface area contributed by atoms with Crippen LogP contribution in [0.4, 0.5) is 5.69 Å². The number of carbonyl (C=O) groups is 2. The van der Waals surface area contributed by atoms with Crippen molar-refractivity contribution in [1.82, 2.24) is 9.80 Å². The lowest BCUT2D eigenvalue weighted by Gasteiger charge is -2.30. The molecule has 3 aromatic rings. The predicted molar refractivity (Wildman–Crippen MR) is 153 cm³/mol. The topological polar surface area (TPSA) is 96.7 Å². The van der Waals surface area contributed by atoms with Crippen LogP contribution in [0.2, 0.25) is 10.0 Å². The highest BCUT2D eigenvalue weighted by molar-refractivity contribution is 6.35. The molecule has 4 rings (SSSR count). The normalized spacial score (nSPS) is 15.9. The molecule has 1 heterocycles. The van der Waals surface area contributed by atoms with Crippen molar-refractivity contribution in [3.8, 4) is 17.2 Å². The van der Waals surface area contributed by atoms with E-state index in [2.05, 4.69) is 16.3 Å². The fourth-order valence-electron chi connectivity index (χ4n) is 4.74. The molecule has 0 bridgehead atoms. The zero-order chi connectivity index (χ0) is 27.9. The smallest absolute Gasteiger partial charge is 0.244 e. The molecule has 0 unspecified atom stereocenters. The minimum atomic E-state index is -0.380. The molecule has 0 radical (unpaired) electrons. The Labute approximate surface area is 238 Å². The zero-order valence-corrected chi connectivity index (χ0v) is 23.1. The maximum Gasteiger partial charge on any atom is 0.244 e. The fraction of sp³-hybridized carbons (Fsp3) is 0.300. The van der Waals surface area contributed by atoms with Gasteiger partial charge in [-0.15, -0.1) is 0 Å². The molecule has 0 saturated carbocycles. The number of hydrogen-bond acceptors (Lipinski definition) is 5. The Morgan fingerprint density at radius 3 is 2.46 bits per heavy atom. The van der Waals surface area contributed by atoms with Crippen LogP contribution in [0.5, 0.6) is 0 Å². The maximum absolute atomic E-state index is 13.4. The molecule has 2 amide bonds. The van der Waals surface area contributed by atoms with Crippen LogP contribution in [0.3, 0.4) is 0 Å². The molecule has 7 nitrogen and oxygen atoms in total. The van der Waals surface area contributed by atoms with Gasteiger partial charge >= 0.3 is 0 Å². The Morgan fingerprint density at radius 2 is 1.82 bits per heavy atom. The SMILES string of the molecule is C[C@H](c1ccc(-c2cccc(C#N)c2)cc1)N(CC(=O)Nc1cc(Cl)cc(Cl)c1)C(=O)CCN1CC[C@H](O)C1. The van der Waals surface area contributed by atoms with Crippen LogP contribution >= 0.6 is 23.2 Å². The van der Waals surface area contributed by atoms with E-state index in [1.54, 1.807) is 29.2 Å². The zero-order valence-electron chi connectivity index (χ0n) is 21.6. The molecule has 1 fully saturated rings. The van der Waals surface area contributed by atoms with Crippen LogP contribution in [-0.2, 0) is 9.59 Å². The quantitative estimate of drug-likeness (QED) is 0.357. The van der Waals surface area contributed by atoms with Gasteiger partial charge in [-0.25, -0.2) is 0 Å². The van der Waals surface area contributed by atoms with E-state index >= 15 is 0 Å². The summed E-state index contributed by atoms with van der Waals surface area (Å²) in [6.45, 7) is 3.55. The minimum absolute atomic E-state index is 0.154. The van der Waals surface area contributed by atoms with Crippen LogP contribution in [-0.4, -0.2) is 59.0 Å². The Bertz CT molecular complexity index is 1350. The van der Waals surface area contributed by atoms with Crippen LogP contribution in [0, 0.1) is 11.3 Å². The summed E-state index contributed by atoms with van der Waals surface area (Å²) in [5.74, 6) is -0.524. The Kier molecular flexibility index (Phi) is 9.60. The van der Waals surface area contributed by atoms with Gasteiger partial charge in [0.2, 0.25) is 11.8 Å². The first-order valence-corrected chi connectivity index (χ1v) is 13.5. The highest BCUT2D eigenvalue weighted by atomic mass is 35.5. The second kappa shape index (κ2) is 13.1. The van der Waals surface area contributed by atoms with Crippen molar-refractivity contribution >= 4 is 40.7 Å². The van der Waals surface area contributed by atoms with E-state index < -0.39 is 0 Å². The number of likely N-dealkylation sites (tertiary alicyclic amines) is 1. The minimum Gasteiger partial charge on any atom is -0.392 e. The highest BCUT2D eigenvalue weighted by Gasteiger charge is 2.26. The van der Waals surface area contributed by atoms with Crippen molar-refractivity contribution < 1.29 is 14.7 Å². The third-order valence-electron chi connectivity index (χ3n) is 6.86. The molecular formula is C30H30Cl2N4O3. The molecule has 1 aliphatic heterocycles. The number of nitriles is 1. The highest BCUT2D eigenvalue weighted by Crippen LogP contribution is 2.27. The van der Waals surface area contributed by atoms with E-state index in [0.29, 0.717) is 40.8 Å². The van der Waals surface area contributed by atoms with Crippen molar-refractivity contribution in [2.45, 2.75) is 31.9 Å². The molecule has 3 aromatic carbocycles. The number of benzene rings is 3. The van der Waals surface area contributed by atoms with Crippen molar-refractivity contribution in [1.29, 1.82) is 5.26 Å². The number of halogens is 2. The van der Waals surface area contributed by atoms with Crippen LogP contribution in [0.15, 0.2) is 66.7 Å². The third kappa shape index (κ3) is 7.81. The van der Waals surface area contributed by atoms with E-state index in [0.717, 1.165) is 23.2 Å². The van der Waals surface area contributed by atoms with Crippen molar-refractivity contribution in [2.24, 2.45) is 0 Å². The largest absolute Gasteiger partial charge is 0.392 e. The van der Waals surface area contributed by atoms with Gasteiger partial charge in [0.05, 0.1) is 23.8 Å². The average molecular weight is 566 g/mol. The van der Waals surface area contributed by atoms with Gasteiger partial charge in [0, 0.05) is 41.8 Å². The summed E-state index contributed by atoms with van der Waals surface area (Å²) in [6, 6.07) is 21.7. The van der Waals surface area contributed by atoms with E-state index in [4.69, 9.17) is 23.2 Å². The van der Waals surface area contributed by atoms with Crippen LogP contribution in [0.1, 0.15) is 36.9 Å². The summed E-state index contributed by atoms with van der Waals surface area (Å²) in [5, 5.41) is 22.6. The molecule has 0 spiro atoms. The summed E-state index contributed by atoms with van der Waals surface area (Å²) in [5.41, 5.74) is 3.78. The van der Waals surface area contributed by atoms with Gasteiger partial charge in [-0.3, -0.25) is 9.59 Å². The van der Waals surface area contributed by atoms with Gasteiger partial charge in [-0.2, -0.15) is 5.26 Å². The number of anilines is 1. The Balaban J connectivity index is 1.51. The Hall–Kier alpha value is -3.41. The molecular weight excluding hydrogens is 535 g/mol. The molecule has 202 valence electrons. The molecule has 0 aliphatic carbocycles. The van der Waals surface area contributed by atoms with Gasteiger partial charge in [0.1, 0.15) is 6.54 Å². The number of amides is 2. The molecule has 2 atom stereocenters. The number of aliphatic hydroxyl groups is 1.